The van der Waals surface area contributed by atoms with Crippen LogP contribution in [0.2, 0.25) is 0 Å². The van der Waals surface area contributed by atoms with Crippen LogP contribution in [0.5, 0.6) is 0 Å². The van der Waals surface area contributed by atoms with Gasteiger partial charge in [0.15, 0.2) is 0 Å². The first kappa shape index (κ1) is 14.3. The minimum Gasteiger partial charge on any atom is -0.268 e. The van der Waals surface area contributed by atoms with Crippen LogP contribution in [0.25, 0.3) is 22.3 Å². The smallest absolute Gasteiger partial charge is 0.266 e. The summed E-state index contributed by atoms with van der Waals surface area (Å²) >= 11 is 0. The number of fused-ring (bicyclic) bond motifs is 1. The van der Waals surface area contributed by atoms with Crippen LogP contribution in [0.1, 0.15) is 26.0 Å². The summed E-state index contributed by atoms with van der Waals surface area (Å²) in [4.78, 5) is 11.9. The number of hydrogen-bond acceptors (Lipinski definition) is 3. The van der Waals surface area contributed by atoms with E-state index in [0.29, 0.717) is 6.54 Å². The molecule has 3 aromatic heterocycles. The summed E-state index contributed by atoms with van der Waals surface area (Å²) in [6.07, 6.45) is 2.76. The molecule has 3 aromatic rings. The normalized spacial score (nSPS) is 11.0. The van der Waals surface area contributed by atoms with Gasteiger partial charge in [-0.2, -0.15) is 10.2 Å². The minimum atomic E-state index is -0.0843. The lowest BCUT2D eigenvalue weighted by molar-refractivity contribution is 0.571. The van der Waals surface area contributed by atoms with Crippen molar-refractivity contribution >= 4 is 11.1 Å². The predicted octanol–water partition coefficient (Wildman–Crippen LogP) is 3.00. The Morgan fingerprint density at radius 3 is 2.77 bits per heavy atom. The van der Waals surface area contributed by atoms with E-state index < -0.39 is 0 Å². The quantitative estimate of drug-likeness (QED) is 0.743. The van der Waals surface area contributed by atoms with E-state index in [1.165, 1.54) is 4.68 Å². The largest absolute Gasteiger partial charge is 0.268 e. The monoisotopic (exact) mass is 294 g/mol. The van der Waals surface area contributed by atoms with Gasteiger partial charge in [0.25, 0.3) is 5.56 Å². The van der Waals surface area contributed by atoms with Crippen molar-refractivity contribution in [3.8, 4) is 11.3 Å². The maximum Gasteiger partial charge on any atom is 0.266 e. The molecule has 0 bridgehead atoms. The van der Waals surface area contributed by atoms with Gasteiger partial charge in [-0.3, -0.25) is 4.79 Å². The molecule has 0 N–H and O–H groups in total. The predicted molar refractivity (Wildman–Crippen MR) is 87.7 cm³/mol. The Labute approximate surface area is 128 Å². The molecular formula is C17H18N4O. The average molecular weight is 294 g/mol. The van der Waals surface area contributed by atoms with E-state index >= 15 is 0 Å². The van der Waals surface area contributed by atoms with E-state index in [0.717, 1.165) is 34.5 Å². The summed E-state index contributed by atoms with van der Waals surface area (Å²) in [5.41, 5.74) is 4.20. The molecule has 0 aromatic carbocycles. The van der Waals surface area contributed by atoms with E-state index in [-0.39, 0.29) is 5.56 Å². The standard InChI is InChI=1S/C17H18N4O/c1-4-10-21-15(22)9-8-13(18-21)16-14-7-5-6-11-20(14)19-17(16)12(2)3/h5-9,11H,2,4,10H2,1,3H3. The van der Waals surface area contributed by atoms with Gasteiger partial charge in [0.1, 0.15) is 0 Å². The molecule has 3 heterocycles. The zero-order chi connectivity index (χ0) is 15.7. The molecule has 0 saturated heterocycles. The fraction of sp³-hybridized carbons (Fsp3) is 0.235. The molecule has 0 amide bonds. The molecule has 0 fully saturated rings. The second kappa shape index (κ2) is 5.60. The van der Waals surface area contributed by atoms with E-state index in [4.69, 9.17) is 0 Å². The van der Waals surface area contributed by atoms with Crippen molar-refractivity contribution in [2.45, 2.75) is 26.8 Å². The van der Waals surface area contributed by atoms with Crippen molar-refractivity contribution in [1.82, 2.24) is 19.4 Å². The summed E-state index contributed by atoms with van der Waals surface area (Å²) in [7, 11) is 0. The lowest BCUT2D eigenvalue weighted by Gasteiger charge is -2.06. The van der Waals surface area contributed by atoms with Crippen LogP contribution in [0.4, 0.5) is 0 Å². The summed E-state index contributed by atoms with van der Waals surface area (Å²) in [6.45, 7) is 8.56. The molecule has 0 spiro atoms. The van der Waals surface area contributed by atoms with Gasteiger partial charge >= 0.3 is 0 Å². The Bertz CT molecular complexity index is 904. The Morgan fingerprint density at radius 1 is 1.23 bits per heavy atom. The van der Waals surface area contributed by atoms with Crippen molar-refractivity contribution in [3.63, 3.8) is 0 Å². The van der Waals surface area contributed by atoms with E-state index in [2.05, 4.69) is 16.8 Å². The van der Waals surface area contributed by atoms with E-state index in [1.807, 2.05) is 42.8 Å². The molecule has 0 atom stereocenters. The summed E-state index contributed by atoms with van der Waals surface area (Å²) in [6, 6.07) is 9.20. The van der Waals surface area contributed by atoms with E-state index in [1.54, 1.807) is 12.1 Å². The molecule has 112 valence electrons. The van der Waals surface area contributed by atoms with Crippen LogP contribution in [-0.2, 0) is 6.54 Å². The number of allylic oxidation sites excluding steroid dienone is 1. The molecule has 3 rings (SSSR count). The molecule has 5 heteroatoms. The second-order valence-electron chi connectivity index (χ2n) is 5.31. The van der Waals surface area contributed by atoms with E-state index in [9.17, 15) is 4.79 Å². The van der Waals surface area contributed by atoms with Gasteiger partial charge in [0.2, 0.25) is 0 Å². The molecule has 0 aliphatic rings. The highest BCUT2D eigenvalue weighted by Gasteiger charge is 2.16. The zero-order valence-corrected chi connectivity index (χ0v) is 12.8. The molecule has 5 nitrogen and oxygen atoms in total. The molecule has 0 saturated carbocycles. The van der Waals surface area contributed by atoms with Gasteiger partial charge in [-0.25, -0.2) is 9.20 Å². The van der Waals surface area contributed by atoms with Gasteiger partial charge in [-0.1, -0.05) is 19.6 Å². The Hall–Kier alpha value is -2.69. The number of pyridine rings is 1. The molecule has 0 aliphatic carbocycles. The van der Waals surface area contributed by atoms with Crippen LogP contribution < -0.4 is 5.56 Å². The van der Waals surface area contributed by atoms with Crippen molar-refractivity contribution in [3.05, 3.63) is 59.2 Å². The zero-order valence-electron chi connectivity index (χ0n) is 12.8. The third-order valence-corrected chi connectivity index (χ3v) is 3.50. The Morgan fingerprint density at radius 2 is 2.05 bits per heavy atom. The number of nitrogens with zero attached hydrogens (tertiary/aromatic N) is 4. The van der Waals surface area contributed by atoms with Crippen LogP contribution in [0, 0.1) is 0 Å². The number of hydrogen-bond donors (Lipinski definition) is 0. The van der Waals surface area contributed by atoms with Crippen molar-refractivity contribution in [2.24, 2.45) is 0 Å². The highest BCUT2D eigenvalue weighted by Crippen LogP contribution is 2.30. The van der Waals surface area contributed by atoms with Crippen LogP contribution in [-0.4, -0.2) is 19.4 Å². The Balaban J connectivity index is 2.29. The molecule has 0 aliphatic heterocycles. The van der Waals surface area contributed by atoms with Gasteiger partial charge in [0.05, 0.1) is 22.5 Å². The highest BCUT2D eigenvalue weighted by atomic mass is 16.1. The first-order chi connectivity index (χ1) is 10.6. The van der Waals surface area contributed by atoms with Crippen molar-refractivity contribution < 1.29 is 0 Å². The maximum atomic E-state index is 11.9. The van der Waals surface area contributed by atoms with Crippen LogP contribution in [0.3, 0.4) is 0 Å². The average Bonchev–Trinajstić information content (AvgIpc) is 2.89. The topological polar surface area (TPSA) is 52.2 Å². The minimum absolute atomic E-state index is 0.0843. The highest BCUT2D eigenvalue weighted by molar-refractivity contribution is 5.87. The fourth-order valence-electron chi connectivity index (χ4n) is 2.50. The number of aromatic nitrogens is 4. The molecular weight excluding hydrogens is 276 g/mol. The summed E-state index contributed by atoms with van der Waals surface area (Å²) in [5, 5.41) is 9.08. The molecule has 0 unspecified atom stereocenters. The fourth-order valence-corrected chi connectivity index (χ4v) is 2.50. The van der Waals surface area contributed by atoms with Crippen molar-refractivity contribution in [2.75, 3.05) is 0 Å². The second-order valence-corrected chi connectivity index (χ2v) is 5.31. The van der Waals surface area contributed by atoms with Crippen LogP contribution in [0.15, 0.2) is 47.9 Å². The first-order valence-electron chi connectivity index (χ1n) is 7.33. The molecule has 22 heavy (non-hydrogen) atoms. The van der Waals surface area contributed by atoms with Gasteiger partial charge in [-0.05, 0) is 37.1 Å². The SMILES string of the molecule is C=C(C)c1nn2ccccc2c1-c1ccc(=O)n(CCC)n1. The van der Waals surface area contributed by atoms with Gasteiger partial charge < -0.3 is 0 Å². The van der Waals surface area contributed by atoms with Gasteiger partial charge in [0, 0.05) is 18.8 Å². The third kappa shape index (κ3) is 2.35. The summed E-state index contributed by atoms with van der Waals surface area (Å²) < 4.78 is 3.32. The van der Waals surface area contributed by atoms with Crippen molar-refractivity contribution in [1.29, 1.82) is 0 Å². The van der Waals surface area contributed by atoms with Crippen LogP contribution >= 0.6 is 0 Å². The van der Waals surface area contributed by atoms with Gasteiger partial charge in [-0.15, -0.1) is 0 Å². The number of aryl methyl sites for hydroxylation is 1. The lowest BCUT2D eigenvalue weighted by atomic mass is 10.1. The third-order valence-electron chi connectivity index (χ3n) is 3.50. The summed E-state index contributed by atoms with van der Waals surface area (Å²) in [5.74, 6) is 0. The molecule has 0 radical (unpaired) electrons. The number of rotatable bonds is 4. The lowest BCUT2D eigenvalue weighted by Crippen LogP contribution is -2.22. The first-order valence-corrected chi connectivity index (χ1v) is 7.33. The Kier molecular flexibility index (Phi) is 3.63. The maximum absolute atomic E-state index is 11.9.